The van der Waals surface area contributed by atoms with E-state index in [0.29, 0.717) is 5.69 Å². The molecule has 0 saturated heterocycles. The van der Waals surface area contributed by atoms with Gasteiger partial charge in [-0.25, -0.2) is 0 Å². The molecule has 0 unspecified atom stereocenters. The smallest absolute Gasteiger partial charge is 0.210 e. The molecule has 1 aromatic carbocycles. The largest absolute Gasteiger partial charge is 0.359 e. The zero-order valence-corrected chi connectivity index (χ0v) is 9.25. The molecule has 0 radical (unpaired) electrons. The number of ketones is 1. The van der Waals surface area contributed by atoms with Crippen LogP contribution in [-0.2, 0) is 0 Å². The maximum absolute atomic E-state index is 12.2. The molecule has 78 valence electrons. The Morgan fingerprint density at radius 1 is 1.12 bits per heavy atom. The van der Waals surface area contributed by atoms with E-state index in [0.717, 1.165) is 15.6 Å². The van der Waals surface area contributed by atoms with Crippen LogP contribution in [0.2, 0.25) is 0 Å². The van der Waals surface area contributed by atoms with Gasteiger partial charge in [-0.05, 0) is 18.2 Å². The first-order chi connectivity index (χ1) is 7.86. The second-order valence-corrected chi connectivity index (χ2v) is 4.47. The number of benzene rings is 1. The topological polar surface area (TPSA) is 32.9 Å². The van der Waals surface area contributed by atoms with Gasteiger partial charge < -0.3 is 4.98 Å². The molecule has 3 heteroatoms. The summed E-state index contributed by atoms with van der Waals surface area (Å²) in [6.07, 6.45) is 1.77. The lowest BCUT2D eigenvalue weighted by atomic mass is 10.1. The Labute approximate surface area is 96.5 Å². The van der Waals surface area contributed by atoms with E-state index in [-0.39, 0.29) is 5.78 Å². The molecule has 2 aromatic heterocycles. The highest BCUT2D eigenvalue weighted by molar-refractivity contribution is 7.17. The van der Waals surface area contributed by atoms with Gasteiger partial charge in [-0.15, -0.1) is 11.3 Å². The van der Waals surface area contributed by atoms with Crippen LogP contribution in [0.25, 0.3) is 10.1 Å². The van der Waals surface area contributed by atoms with E-state index in [4.69, 9.17) is 0 Å². The quantitative estimate of drug-likeness (QED) is 0.668. The molecule has 0 aliphatic rings. The SMILES string of the molecule is O=C(c1ccc[nH]1)c1csc2ccccc12. The van der Waals surface area contributed by atoms with Gasteiger partial charge in [-0.2, -0.15) is 0 Å². The number of carbonyl (C=O) groups is 1. The summed E-state index contributed by atoms with van der Waals surface area (Å²) >= 11 is 1.60. The van der Waals surface area contributed by atoms with E-state index in [1.165, 1.54) is 0 Å². The van der Waals surface area contributed by atoms with Gasteiger partial charge in [0.05, 0.1) is 5.69 Å². The fourth-order valence-corrected chi connectivity index (χ4v) is 2.71. The summed E-state index contributed by atoms with van der Waals surface area (Å²) in [5, 5.41) is 2.96. The molecular formula is C13H9NOS. The minimum absolute atomic E-state index is 0.0578. The highest BCUT2D eigenvalue weighted by Gasteiger charge is 2.14. The average molecular weight is 227 g/mol. The van der Waals surface area contributed by atoms with Crippen LogP contribution in [-0.4, -0.2) is 10.8 Å². The lowest BCUT2D eigenvalue weighted by Crippen LogP contribution is -1.99. The van der Waals surface area contributed by atoms with Gasteiger partial charge in [0.15, 0.2) is 0 Å². The van der Waals surface area contributed by atoms with Crippen LogP contribution in [0.15, 0.2) is 48.0 Å². The van der Waals surface area contributed by atoms with Crippen molar-refractivity contribution < 1.29 is 4.79 Å². The van der Waals surface area contributed by atoms with Crippen molar-refractivity contribution in [2.75, 3.05) is 0 Å². The zero-order chi connectivity index (χ0) is 11.0. The Kier molecular flexibility index (Phi) is 2.11. The molecule has 0 aliphatic heterocycles. The highest BCUT2D eigenvalue weighted by Crippen LogP contribution is 2.27. The van der Waals surface area contributed by atoms with Crippen molar-refractivity contribution in [3.8, 4) is 0 Å². The van der Waals surface area contributed by atoms with Crippen molar-refractivity contribution in [2.45, 2.75) is 0 Å². The Hall–Kier alpha value is -1.87. The molecule has 0 saturated carbocycles. The second kappa shape index (κ2) is 3.61. The van der Waals surface area contributed by atoms with E-state index < -0.39 is 0 Å². The number of fused-ring (bicyclic) bond motifs is 1. The molecule has 3 rings (SSSR count). The number of nitrogens with one attached hydrogen (secondary N) is 1. The summed E-state index contributed by atoms with van der Waals surface area (Å²) in [4.78, 5) is 15.1. The molecule has 3 aromatic rings. The normalized spacial score (nSPS) is 10.8. The molecule has 16 heavy (non-hydrogen) atoms. The number of thiophene rings is 1. The number of rotatable bonds is 2. The molecule has 0 bridgehead atoms. The van der Waals surface area contributed by atoms with Gasteiger partial charge in [0.25, 0.3) is 0 Å². The van der Waals surface area contributed by atoms with Gasteiger partial charge in [0.2, 0.25) is 5.78 Å². The Morgan fingerprint density at radius 2 is 2.00 bits per heavy atom. The summed E-state index contributed by atoms with van der Waals surface area (Å²) in [6.45, 7) is 0. The summed E-state index contributed by atoms with van der Waals surface area (Å²) in [5.74, 6) is 0.0578. The summed E-state index contributed by atoms with van der Waals surface area (Å²) in [7, 11) is 0. The highest BCUT2D eigenvalue weighted by atomic mass is 32.1. The van der Waals surface area contributed by atoms with E-state index in [1.807, 2.05) is 35.7 Å². The second-order valence-electron chi connectivity index (χ2n) is 3.56. The van der Waals surface area contributed by atoms with E-state index >= 15 is 0 Å². The predicted molar refractivity (Wildman–Crippen MR) is 66.1 cm³/mol. The van der Waals surface area contributed by atoms with Crippen molar-refractivity contribution >= 4 is 27.2 Å². The van der Waals surface area contributed by atoms with Crippen LogP contribution >= 0.6 is 11.3 Å². The molecule has 0 aliphatic carbocycles. The standard InChI is InChI=1S/C13H9NOS/c15-13(11-5-3-7-14-11)10-8-16-12-6-2-1-4-9(10)12/h1-8,14H. The van der Waals surface area contributed by atoms with E-state index in [1.54, 1.807) is 23.6 Å². The minimum Gasteiger partial charge on any atom is -0.359 e. The van der Waals surface area contributed by atoms with Crippen LogP contribution in [0.4, 0.5) is 0 Å². The van der Waals surface area contributed by atoms with Crippen LogP contribution in [0.3, 0.4) is 0 Å². The third-order valence-corrected chi connectivity index (χ3v) is 3.53. The van der Waals surface area contributed by atoms with Gasteiger partial charge in [-0.1, -0.05) is 18.2 Å². The van der Waals surface area contributed by atoms with E-state index in [9.17, 15) is 4.79 Å². The molecule has 0 spiro atoms. The maximum Gasteiger partial charge on any atom is 0.210 e. The molecule has 2 heterocycles. The minimum atomic E-state index is 0.0578. The van der Waals surface area contributed by atoms with Gasteiger partial charge >= 0.3 is 0 Å². The van der Waals surface area contributed by atoms with Gasteiger partial charge in [0.1, 0.15) is 0 Å². The van der Waals surface area contributed by atoms with Crippen LogP contribution in [0.1, 0.15) is 16.1 Å². The van der Waals surface area contributed by atoms with Crippen LogP contribution in [0.5, 0.6) is 0 Å². The van der Waals surface area contributed by atoms with E-state index in [2.05, 4.69) is 4.98 Å². The van der Waals surface area contributed by atoms with Crippen LogP contribution in [0, 0.1) is 0 Å². The van der Waals surface area contributed by atoms with Crippen molar-refractivity contribution in [3.05, 3.63) is 59.2 Å². The molecule has 0 amide bonds. The first kappa shape index (κ1) is 9.36. The van der Waals surface area contributed by atoms with Gasteiger partial charge in [0, 0.05) is 27.2 Å². The fraction of sp³-hybridized carbons (Fsp3) is 0. The molecular weight excluding hydrogens is 218 g/mol. The number of carbonyl (C=O) groups excluding carboxylic acids is 1. The first-order valence-corrected chi connectivity index (χ1v) is 5.88. The number of hydrogen-bond donors (Lipinski definition) is 1. The lowest BCUT2D eigenvalue weighted by Gasteiger charge is -1.96. The first-order valence-electron chi connectivity index (χ1n) is 5.00. The third kappa shape index (κ3) is 1.37. The Bertz CT molecular complexity index is 637. The van der Waals surface area contributed by atoms with Crippen LogP contribution < -0.4 is 0 Å². The maximum atomic E-state index is 12.2. The van der Waals surface area contributed by atoms with Crippen molar-refractivity contribution in [1.82, 2.24) is 4.98 Å². The fourth-order valence-electron chi connectivity index (χ4n) is 1.77. The number of aromatic nitrogens is 1. The summed E-state index contributed by atoms with van der Waals surface area (Å²) in [6, 6.07) is 11.6. The van der Waals surface area contributed by atoms with Crippen molar-refractivity contribution in [1.29, 1.82) is 0 Å². The predicted octanol–water partition coefficient (Wildman–Crippen LogP) is 3.46. The van der Waals surface area contributed by atoms with Crippen molar-refractivity contribution in [3.63, 3.8) is 0 Å². The van der Waals surface area contributed by atoms with Crippen molar-refractivity contribution in [2.24, 2.45) is 0 Å². The third-order valence-electron chi connectivity index (χ3n) is 2.57. The summed E-state index contributed by atoms with van der Waals surface area (Å²) < 4.78 is 1.15. The number of aromatic amines is 1. The average Bonchev–Trinajstić information content (AvgIpc) is 2.98. The molecule has 2 nitrogen and oxygen atoms in total. The Morgan fingerprint density at radius 3 is 2.81 bits per heavy atom. The molecule has 1 N–H and O–H groups in total. The molecule has 0 fully saturated rings. The number of H-pyrrole nitrogens is 1. The van der Waals surface area contributed by atoms with Gasteiger partial charge in [-0.3, -0.25) is 4.79 Å². The molecule has 0 atom stereocenters. The monoisotopic (exact) mass is 227 g/mol. The number of hydrogen-bond acceptors (Lipinski definition) is 2. The lowest BCUT2D eigenvalue weighted by molar-refractivity contribution is 0.103. The Balaban J connectivity index is 2.16. The zero-order valence-electron chi connectivity index (χ0n) is 8.44. The summed E-state index contributed by atoms with van der Waals surface area (Å²) in [5.41, 5.74) is 1.42.